The van der Waals surface area contributed by atoms with Gasteiger partial charge in [-0.1, -0.05) is 0 Å². The minimum atomic E-state index is 0.0159. The van der Waals surface area contributed by atoms with E-state index in [0.717, 1.165) is 43.0 Å². The number of nitrogens with zero attached hydrogens (tertiary/aromatic N) is 1. The molecule has 2 rings (SSSR count). The van der Waals surface area contributed by atoms with Crippen LogP contribution >= 0.6 is 11.8 Å². The Morgan fingerprint density at radius 3 is 2.75 bits per heavy atom. The molecule has 110 valence electrons. The summed E-state index contributed by atoms with van der Waals surface area (Å²) in [6.07, 6.45) is 0. The molecule has 5 heteroatoms. The van der Waals surface area contributed by atoms with E-state index in [2.05, 4.69) is 15.5 Å². The Hall–Kier alpha value is -1.20. The van der Waals surface area contributed by atoms with E-state index in [1.807, 2.05) is 43.9 Å². The molecule has 1 aromatic carbocycles. The molecule has 0 saturated carbocycles. The van der Waals surface area contributed by atoms with Gasteiger partial charge >= 0.3 is 0 Å². The zero-order chi connectivity index (χ0) is 14.4. The van der Waals surface area contributed by atoms with Crippen LogP contribution < -0.4 is 10.6 Å². The summed E-state index contributed by atoms with van der Waals surface area (Å²) in [6, 6.07) is 5.75. The van der Waals surface area contributed by atoms with Crippen molar-refractivity contribution in [2.24, 2.45) is 0 Å². The Kier molecular flexibility index (Phi) is 5.73. The summed E-state index contributed by atoms with van der Waals surface area (Å²) in [4.78, 5) is 14.5. The second kappa shape index (κ2) is 7.55. The van der Waals surface area contributed by atoms with Gasteiger partial charge in [0.15, 0.2) is 0 Å². The van der Waals surface area contributed by atoms with Crippen LogP contribution in [0.1, 0.15) is 15.9 Å². The maximum Gasteiger partial charge on any atom is 0.251 e. The van der Waals surface area contributed by atoms with E-state index < -0.39 is 0 Å². The summed E-state index contributed by atoms with van der Waals surface area (Å²) in [7, 11) is 1.89. The minimum absolute atomic E-state index is 0.0159. The largest absolute Gasteiger partial charge is 0.388 e. The van der Waals surface area contributed by atoms with E-state index in [1.54, 1.807) is 0 Å². The molecule has 1 aliphatic rings. The SMILES string of the molecule is CNc1ccc(C(=O)NCCN2CCSCC2)cc1C. The highest BCUT2D eigenvalue weighted by Crippen LogP contribution is 2.15. The summed E-state index contributed by atoms with van der Waals surface area (Å²) < 4.78 is 0. The summed E-state index contributed by atoms with van der Waals surface area (Å²) in [6.45, 7) is 5.94. The predicted octanol–water partition coefficient (Wildman–Crippen LogP) is 1.82. The van der Waals surface area contributed by atoms with E-state index in [4.69, 9.17) is 0 Å². The van der Waals surface area contributed by atoms with Crippen LogP contribution in [0.4, 0.5) is 5.69 Å². The monoisotopic (exact) mass is 293 g/mol. The third-order valence-electron chi connectivity index (χ3n) is 3.58. The zero-order valence-electron chi connectivity index (χ0n) is 12.2. The average Bonchev–Trinajstić information content (AvgIpc) is 2.48. The standard InChI is InChI=1S/C15H23N3OS/c1-12-11-13(3-4-14(12)16-2)15(19)17-5-6-18-7-9-20-10-8-18/h3-4,11,16H,5-10H2,1-2H3,(H,17,19). The van der Waals surface area contributed by atoms with Crippen molar-refractivity contribution in [1.29, 1.82) is 0 Å². The normalized spacial score (nSPS) is 15.9. The van der Waals surface area contributed by atoms with Gasteiger partial charge in [0.05, 0.1) is 0 Å². The molecule has 20 heavy (non-hydrogen) atoms. The first-order valence-electron chi connectivity index (χ1n) is 7.07. The van der Waals surface area contributed by atoms with Crippen molar-refractivity contribution >= 4 is 23.4 Å². The summed E-state index contributed by atoms with van der Waals surface area (Å²) in [5.41, 5.74) is 2.89. The molecule has 0 aliphatic carbocycles. The van der Waals surface area contributed by atoms with Crippen LogP contribution in [0.2, 0.25) is 0 Å². The Bertz CT molecular complexity index is 458. The molecule has 1 amide bonds. The fraction of sp³-hybridized carbons (Fsp3) is 0.533. The number of aryl methyl sites for hydroxylation is 1. The zero-order valence-corrected chi connectivity index (χ0v) is 13.1. The van der Waals surface area contributed by atoms with Crippen molar-refractivity contribution in [1.82, 2.24) is 10.2 Å². The lowest BCUT2D eigenvalue weighted by Crippen LogP contribution is -2.39. The van der Waals surface area contributed by atoms with Gasteiger partial charge in [0.2, 0.25) is 0 Å². The topological polar surface area (TPSA) is 44.4 Å². The molecule has 0 unspecified atom stereocenters. The van der Waals surface area contributed by atoms with Gasteiger partial charge in [-0.3, -0.25) is 9.69 Å². The predicted molar refractivity (Wildman–Crippen MR) is 86.8 cm³/mol. The van der Waals surface area contributed by atoms with Gasteiger partial charge in [-0.2, -0.15) is 11.8 Å². The number of hydrogen-bond acceptors (Lipinski definition) is 4. The molecule has 0 bridgehead atoms. The molecule has 0 atom stereocenters. The first-order valence-corrected chi connectivity index (χ1v) is 8.23. The first-order chi connectivity index (χ1) is 9.70. The van der Waals surface area contributed by atoms with E-state index in [9.17, 15) is 4.79 Å². The van der Waals surface area contributed by atoms with Crippen LogP contribution in [-0.4, -0.2) is 55.5 Å². The van der Waals surface area contributed by atoms with Crippen LogP contribution in [0.15, 0.2) is 18.2 Å². The third kappa shape index (κ3) is 4.15. The van der Waals surface area contributed by atoms with Crippen molar-refractivity contribution in [3.63, 3.8) is 0 Å². The summed E-state index contributed by atoms with van der Waals surface area (Å²) in [5.74, 6) is 2.43. The van der Waals surface area contributed by atoms with Gasteiger partial charge in [-0.25, -0.2) is 0 Å². The van der Waals surface area contributed by atoms with Crippen LogP contribution in [0.5, 0.6) is 0 Å². The van der Waals surface area contributed by atoms with Gasteiger partial charge in [0, 0.05) is 56.0 Å². The fourth-order valence-corrected chi connectivity index (χ4v) is 3.32. The van der Waals surface area contributed by atoms with Crippen molar-refractivity contribution in [2.75, 3.05) is 50.0 Å². The average molecular weight is 293 g/mol. The molecular formula is C15H23N3OS. The molecular weight excluding hydrogens is 270 g/mol. The molecule has 4 nitrogen and oxygen atoms in total. The number of thioether (sulfide) groups is 1. The van der Waals surface area contributed by atoms with Crippen LogP contribution in [0.3, 0.4) is 0 Å². The minimum Gasteiger partial charge on any atom is -0.388 e. The van der Waals surface area contributed by atoms with Gasteiger partial charge in [-0.05, 0) is 30.7 Å². The Labute approximate surface area is 125 Å². The van der Waals surface area contributed by atoms with Gasteiger partial charge in [-0.15, -0.1) is 0 Å². The van der Waals surface area contributed by atoms with Crippen molar-refractivity contribution in [2.45, 2.75) is 6.92 Å². The van der Waals surface area contributed by atoms with Gasteiger partial charge < -0.3 is 10.6 Å². The second-order valence-electron chi connectivity index (χ2n) is 4.99. The van der Waals surface area contributed by atoms with Gasteiger partial charge in [0.1, 0.15) is 0 Å². The number of carbonyl (C=O) groups excluding carboxylic acids is 1. The van der Waals surface area contributed by atoms with Crippen LogP contribution in [-0.2, 0) is 0 Å². The molecule has 2 N–H and O–H groups in total. The highest BCUT2D eigenvalue weighted by Gasteiger charge is 2.11. The number of nitrogens with one attached hydrogen (secondary N) is 2. The molecule has 1 aliphatic heterocycles. The lowest BCUT2D eigenvalue weighted by molar-refractivity contribution is 0.0949. The molecule has 0 radical (unpaired) electrons. The van der Waals surface area contributed by atoms with Crippen LogP contribution in [0.25, 0.3) is 0 Å². The number of carbonyl (C=O) groups is 1. The lowest BCUT2D eigenvalue weighted by atomic mass is 10.1. The maximum atomic E-state index is 12.1. The number of benzene rings is 1. The number of rotatable bonds is 5. The van der Waals surface area contributed by atoms with E-state index >= 15 is 0 Å². The first kappa shape index (κ1) is 15.2. The molecule has 1 fully saturated rings. The smallest absolute Gasteiger partial charge is 0.251 e. The van der Waals surface area contributed by atoms with Crippen molar-refractivity contribution in [3.8, 4) is 0 Å². The van der Waals surface area contributed by atoms with Gasteiger partial charge in [0.25, 0.3) is 5.91 Å². The maximum absolute atomic E-state index is 12.1. The molecule has 0 aromatic heterocycles. The van der Waals surface area contributed by atoms with Crippen molar-refractivity contribution < 1.29 is 4.79 Å². The molecule has 1 heterocycles. The Morgan fingerprint density at radius 2 is 2.10 bits per heavy atom. The van der Waals surface area contributed by atoms with Crippen molar-refractivity contribution in [3.05, 3.63) is 29.3 Å². The van der Waals surface area contributed by atoms with E-state index in [-0.39, 0.29) is 5.91 Å². The summed E-state index contributed by atoms with van der Waals surface area (Å²) >= 11 is 2.01. The Morgan fingerprint density at radius 1 is 1.35 bits per heavy atom. The Balaban J connectivity index is 1.80. The lowest BCUT2D eigenvalue weighted by Gasteiger charge is -2.26. The van der Waals surface area contributed by atoms with Crippen LogP contribution in [0, 0.1) is 6.92 Å². The fourth-order valence-electron chi connectivity index (χ4n) is 2.34. The van der Waals surface area contributed by atoms with E-state index in [0.29, 0.717) is 0 Å². The molecule has 1 aromatic rings. The number of anilines is 1. The number of amides is 1. The molecule has 1 saturated heterocycles. The summed E-state index contributed by atoms with van der Waals surface area (Å²) in [5, 5.41) is 6.11. The third-order valence-corrected chi connectivity index (χ3v) is 4.52. The molecule has 0 spiro atoms. The quantitative estimate of drug-likeness (QED) is 0.869. The number of hydrogen-bond donors (Lipinski definition) is 2. The highest BCUT2D eigenvalue weighted by molar-refractivity contribution is 7.99. The highest BCUT2D eigenvalue weighted by atomic mass is 32.2. The van der Waals surface area contributed by atoms with E-state index in [1.165, 1.54) is 11.5 Å². The second-order valence-corrected chi connectivity index (χ2v) is 6.21.